The number of amides is 1. The van der Waals surface area contributed by atoms with Gasteiger partial charge >= 0.3 is 6.18 Å². The van der Waals surface area contributed by atoms with Gasteiger partial charge in [-0.3, -0.25) is 9.48 Å². The molecule has 4 atom stereocenters. The third kappa shape index (κ3) is 2.73. The number of aromatic nitrogens is 2. The molecule has 4 nitrogen and oxygen atoms in total. The van der Waals surface area contributed by atoms with Crippen LogP contribution in [0.25, 0.3) is 0 Å². The third-order valence-corrected chi connectivity index (χ3v) is 5.20. The highest BCUT2D eigenvalue weighted by Gasteiger charge is 2.42. The smallest absolute Gasteiger partial charge is 0.348 e. The van der Waals surface area contributed by atoms with Crippen LogP contribution in [0, 0.1) is 17.8 Å². The van der Waals surface area contributed by atoms with Crippen molar-refractivity contribution < 1.29 is 18.0 Å². The Bertz CT molecular complexity index is 581. The highest BCUT2D eigenvalue weighted by Crippen LogP contribution is 2.49. The molecule has 0 saturated heterocycles. The average molecular weight is 315 g/mol. The van der Waals surface area contributed by atoms with Crippen molar-refractivity contribution in [3.05, 3.63) is 17.5 Å². The van der Waals surface area contributed by atoms with Gasteiger partial charge in [-0.2, -0.15) is 18.3 Å². The Kier molecular flexibility index (Phi) is 3.69. The Hall–Kier alpha value is -1.53. The van der Waals surface area contributed by atoms with Gasteiger partial charge in [-0.1, -0.05) is 6.42 Å². The fourth-order valence-electron chi connectivity index (χ4n) is 4.11. The Labute approximate surface area is 127 Å². The predicted octanol–water partition coefficient (Wildman–Crippen LogP) is 2.99. The Morgan fingerprint density at radius 3 is 2.64 bits per heavy atom. The first-order chi connectivity index (χ1) is 10.3. The molecule has 0 aliphatic heterocycles. The molecular weight excluding hydrogens is 295 g/mol. The summed E-state index contributed by atoms with van der Waals surface area (Å²) in [5.74, 6) is 1.37. The van der Waals surface area contributed by atoms with E-state index in [1.54, 1.807) is 0 Å². The molecule has 22 heavy (non-hydrogen) atoms. The largest absolute Gasteiger partial charge is 0.435 e. The van der Waals surface area contributed by atoms with Crippen molar-refractivity contribution in [2.45, 2.75) is 44.8 Å². The van der Waals surface area contributed by atoms with Crippen LogP contribution < -0.4 is 5.32 Å². The summed E-state index contributed by atoms with van der Waals surface area (Å²) in [5.41, 5.74) is -1.09. The molecule has 0 radical (unpaired) electrons. The minimum absolute atomic E-state index is 0.0213. The number of carbonyl (C=O) groups is 1. The first-order valence-corrected chi connectivity index (χ1v) is 7.68. The number of hydrogen-bond acceptors (Lipinski definition) is 2. The molecule has 2 bridgehead atoms. The van der Waals surface area contributed by atoms with Gasteiger partial charge in [-0.05, 0) is 43.9 Å². The molecule has 1 amide bonds. The van der Waals surface area contributed by atoms with E-state index in [4.69, 9.17) is 0 Å². The fourth-order valence-corrected chi connectivity index (χ4v) is 4.11. The highest BCUT2D eigenvalue weighted by molar-refractivity contribution is 5.92. The Balaban J connectivity index is 1.68. The van der Waals surface area contributed by atoms with Crippen molar-refractivity contribution in [1.29, 1.82) is 0 Å². The van der Waals surface area contributed by atoms with Crippen LogP contribution in [0.5, 0.6) is 0 Å². The van der Waals surface area contributed by atoms with E-state index in [1.807, 2.05) is 6.92 Å². The second-order valence-corrected chi connectivity index (χ2v) is 6.64. The summed E-state index contributed by atoms with van der Waals surface area (Å²) in [6.07, 6.45) is 0.296. The van der Waals surface area contributed by atoms with E-state index in [-0.39, 0.29) is 11.7 Å². The fraction of sp³-hybridized carbons (Fsp3) is 0.733. The number of fused-ring (bicyclic) bond motifs is 2. The third-order valence-electron chi connectivity index (χ3n) is 5.20. The number of rotatable bonds is 3. The molecule has 2 aliphatic carbocycles. The molecule has 1 heterocycles. The standard InChI is InChI=1S/C15H20F3N3O/c1-8(11-6-9-3-4-10(11)5-9)19-14(22)12-7-13(15(16,17)18)20-21(12)2/h7-11H,3-6H2,1-2H3,(H,19,22)/t8-,9+,10+,11+/m1/s1. The van der Waals surface area contributed by atoms with Gasteiger partial charge in [0.15, 0.2) is 5.69 Å². The zero-order valence-corrected chi connectivity index (χ0v) is 12.7. The van der Waals surface area contributed by atoms with Crippen LogP contribution in [0.2, 0.25) is 0 Å². The zero-order valence-electron chi connectivity index (χ0n) is 12.7. The summed E-state index contributed by atoms with van der Waals surface area (Å²) >= 11 is 0. The number of alkyl halides is 3. The molecule has 122 valence electrons. The van der Waals surface area contributed by atoms with E-state index in [0.29, 0.717) is 11.8 Å². The van der Waals surface area contributed by atoms with Crippen molar-refractivity contribution in [3.8, 4) is 0 Å². The van der Waals surface area contributed by atoms with E-state index in [0.717, 1.165) is 23.1 Å². The number of halogens is 3. The molecule has 2 fully saturated rings. The average Bonchev–Trinajstić information content (AvgIpc) is 3.11. The molecule has 7 heteroatoms. The lowest BCUT2D eigenvalue weighted by Gasteiger charge is -2.28. The van der Waals surface area contributed by atoms with Gasteiger partial charge in [0, 0.05) is 19.2 Å². The van der Waals surface area contributed by atoms with Gasteiger partial charge in [0.25, 0.3) is 5.91 Å². The van der Waals surface area contributed by atoms with Crippen LogP contribution in [0.3, 0.4) is 0 Å². The van der Waals surface area contributed by atoms with E-state index in [2.05, 4.69) is 10.4 Å². The van der Waals surface area contributed by atoms with Crippen molar-refractivity contribution in [2.24, 2.45) is 24.8 Å². The SMILES string of the molecule is C[C@@H](NC(=O)c1cc(C(F)(F)F)nn1C)[C@@H]1C[C@H]2CC[C@H]1C2. The Morgan fingerprint density at radius 1 is 1.41 bits per heavy atom. The van der Waals surface area contributed by atoms with Crippen molar-refractivity contribution >= 4 is 5.91 Å². The molecule has 2 aliphatic rings. The predicted molar refractivity (Wildman–Crippen MR) is 74.1 cm³/mol. The summed E-state index contributed by atoms with van der Waals surface area (Å²) in [5, 5.41) is 6.24. The van der Waals surface area contributed by atoms with Crippen LogP contribution in [-0.2, 0) is 13.2 Å². The second kappa shape index (κ2) is 5.28. The molecule has 0 spiro atoms. The van der Waals surface area contributed by atoms with Gasteiger partial charge in [0.05, 0.1) is 0 Å². The summed E-state index contributed by atoms with van der Waals surface area (Å²) in [7, 11) is 1.35. The maximum atomic E-state index is 12.6. The van der Waals surface area contributed by atoms with Crippen LogP contribution in [-0.4, -0.2) is 21.7 Å². The van der Waals surface area contributed by atoms with E-state index >= 15 is 0 Å². The lowest BCUT2D eigenvalue weighted by molar-refractivity contribution is -0.141. The monoisotopic (exact) mass is 315 g/mol. The lowest BCUT2D eigenvalue weighted by Crippen LogP contribution is -2.40. The van der Waals surface area contributed by atoms with E-state index in [9.17, 15) is 18.0 Å². The molecular formula is C15H20F3N3O. The van der Waals surface area contributed by atoms with Crippen LogP contribution >= 0.6 is 0 Å². The molecule has 3 rings (SSSR count). The molecule has 1 aromatic heterocycles. The van der Waals surface area contributed by atoms with Gasteiger partial charge in [0.2, 0.25) is 0 Å². The second-order valence-electron chi connectivity index (χ2n) is 6.64. The van der Waals surface area contributed by atoms with Gasteiger partial charge in [-0.25, -0.2) is 0 Å². The summed E-state index contributed by atoms with van der Waals surface area (Å²) in [6.45, 7) is 1.95. The van der Waals surface area contributed by atoms with Crippen molar-refractivity contribution in [2.75, 3.05) is 0 Å². The van der Waals surface area contributed by atoms with Crippen molar-refractivity contribution in [1.82, 2.24) is 15.1 Å². The van der Waals surface area contributed by atoms with E-state index in [1.165, 1.54) is 26.3 Å². The number of nitrogens with one attached hydrogen (secondary N) is 1. The molecule has 1 N–H and O–H groups in total. The van der Waals surface area contributed by atoms with E-state index < -0.39 is 17.8 Å². The number of aryl methyl sites for hydroxylation is 1. The lowest BCUT2D eigenvalue weighted by atomic mass is 9.84. The normalized spacial score (nSPS) is 28.9. The first-order valence-electron chi connectivity index (χ1n) is 7.68. The minimum atomic E-state index is -4.54. The van der Waals surface area contributed by atoms with Crippen LogP contribution in [0.15, 0.2) is 6.07 Å². The number of nitrogens with zero attached hydrogens (tertiary/aromatic N) is 2. The zero-order chi connectivity index (χ0) is 16.1. The number of hydrogen-bond donors (Lipinski definition) is 1. The van der Waals surface area contributed by atoms with Crippen LogP contribution in [0.1, 0.15) is 48.8 Å². The quantitative estimate of drug-likeness (QED) is 0.932. The number of carbonyl (C=O) groups excluding carboxylic acids is 1. The van der Waals surface area contributed by atoms with Gasteiger partial charge < -0.3 is 5.32 Å². The summed E-state index contributed by atoms with van der Waals surface area (Å²) in [4.78, 5) is 12.2. The highest BCUT2D eigenvalue weighted by atomic mass is 19.4. The molecule has 0 aromatic carbocycles. The summed E-state index contributed by atoms with van der Waals surface area (Å²) in [6, 6.07) is 0.787. The van der Waals surface area contributed by atoms with Crippen molar-refractivity contribution in [3.63, 3.8) is 0 Å². The molecule has 2 saturated carbocycles. The maximum absolute atomic E-state index is 12.6. The topological polar surface area (TPSA) is 46.9 Å². The Morgan fingerprint density at radius 2 is 2.14 bits per heavy atom. The van der Waals surface area contributed by atoms with Gasteiger partial charge in [0.1, 0.15) is 5.69 Å². The maximum Gasteiger partial charge on any atom is 0.435 e. The van der Waals surface area contributed by atoms with Crippen LogP contribution in [0.4, 0.5) is 13.2 Å². The minimum Gasteiger partial charge on any atom is -0.348 e. The first kappa shape index (κ1) is 15.4. The molecule has 0 unspecified atom stereocenters. The molecule has 1 aromatic rings. The van der Waals surface area contributed by atoms with Gasteiger partial charge in [-0.15, -0.1) is 0 Å². The summed E-state index contributed by atoms with van der Waals surface area (Å²) < 4.78 is 38.9.